The Balaban J connectivity index is 1.11. The van der Waals surface area contributed by atoms with E-state index in [1.54, 1.807) is 0 Å². The molecule has 0 radical (unpaired) electrons. The quantitative estimate of drug-likeness (QED) is 0.166. The fourth-order valence-electron chi connectivity index (χ4n) is 11.7. The minimum atomic E-state index is -0.154. The van der Waals surface area contributed by atoms with Crippen molar-refractivity contribution in [2.24, 2.45) is 0 Å². The van der Waals surface area contributed by atoms with Crippen molar-refractivity contribution in [3.63, 3.8) is 0 Å². The molecule has 0 atom stereocenters. The molecule has 10 aromatic rings. The molecule has 3 heteroatoms. The second-order valence-corrected chi connectivity index (χ2v) is 19.2. The summed E-state index contributed by atoms with van der Waals surface area (Å²) >= 11 is 0. The Hall–Kier alpha value is -7.62. The van der Waals surface area contributed by atoms with E-state index in [1.165, 1.54) is 66.4 Å². The van der Waals surface area contributed by atoms with Crippen molar-refractivity contribution in [3.8, 4) is 22.3 Å². The summed E-state index contributed by atoms with van der Waals surface area (Å²) in [4.78, 5) is 4.87. The Morgan fingerprint density at radius 1 is 0.431 bits per heavy atom. The van der Waals surface area contributed by atoms with Crippen molar-refractivity contribution in [1.29, 1.82) is 0 Å². The summed E-state index contributed by atoms with van der Waals surface area (Å²) in [5, 5.41) is 4.66. The molecule has 0 N–H and O–H groups in total. The summed E-state index contributed by atoms with van der Waals surface area (Å²) in [7, 11) is 0. The number of nitrogens with zero attached hydrogens (tertiary/aromatic N) is 2. The van der Waals surface area contributed by atoms with Gasteiger partial charge in [-0.1, -0.05) is 161 Å². The zero-order chi connectivity index (χ0) is 43.6. The van der Waals surface area contributed by atoms with Crippen molar-refractivity contribution in [2.45, 2.75) is 51.4 Å². The van der Waals surface area contributed by atoms with Crippen LogP contribution in [0.5, 0.6) is 0 Å². The van der Waals surface area contributed by atoms with Crippen LogP contribution in [0.2, 0.25) is 0 Å². The largest absolute Gasteiger partial charge is 0.452 e. The number of para-hydroxylation sites is 2. The van der Waals surface area contributed by atoms with E-state index in [2.05, 4.69) is 232 Å². The Morgan fingerprint density at radius 3 is 1.52 bits per heavy atom. The Labute approximate surface area is 380 Å². The van der Waals surface area contributed by atoms with Crippen molar-refractivity contribution < 1.29 is 4.42 Å². The molecule has 0 saturated heterocycles. The average molecular weight is 837 g/mol. The standard InChI is InChI=1S/C62H48N2O/c1-61(2)51-29-17-15-27-47(51)49-33-31-43(37-53(49)61)63(41-21-7-5-8-22-41)55-35-39-19-11-13-25-45(39)57-58-46-26-14-12-20-40(46)36-56(60(58)65-59(55)57)64(42-23-9-6-10-24-42)44-32-34-50-48-28-16-18-30-52(48)62(3,4)54(50)38-44/h5-11,13-19,21-38H,12,20H2,1-4H3. The van der Waals surface area contributed by atoms with Crippen LogP contribution in [0.1, 0.15) is 67.5 Å². The fraction of sp³-hybridized carbons (Fsp3) is 0.129. The number of hydrogen-bond acceptors (Lipinski definition) is 3. The Bertz CT molecular complexity index is 3610. The Kier molecular flexibility index (Phi) is 8.13. The molecule has 1 aromatic heterocycles. The van der Waals surface area contributed by atoms with Crippen LogP contribution in [0.3, 0.4) is 0 Å². The van der Waals surface area contributed by atoms with Crippen LogP contribution >= 0.6 is 0 Å². The lowest BCUT2D eigenvalue weighted by Crippen LogP contribution is -2.17. The zero-order valence-electron chi connectivity index (χ0n) is 37.2. The zero-order valence-corrected chi connectivity index (χ0v) is 37.2. The van der Waals surface area contributed by atoms with Gasteiger partial charge in [0, 0.05) is 44.4 Å². The summed E-state index contributed by atoms with van der Waals surface area (Å²) in [6.45, 7) is 9.45. The van der Waals surface area contributed by atoms with Crippen LogP contribution in [0.4, 0.5) is 34.1 Å². The van der Waals surface area contributed by atoms with Gasteiger partial charge in [0.2, 0.25) is 0 Å². The number of fused-ring (bicyclic) bond motifs is 13. The highest BCUT2D eigenvalue weighted by Gasteiger charge is 2.38. The van der Waals surface area contributed by atoms with E-state index in [9.17, 15) is 0 Å². The lowest BCUT2D eigenvalue weighted by Gasteiger charge is -2.29. The molecule has 3 nitrogen and oxygen atoms in total. The molecule has 3 aliphatic rings. The topological polar surface area (TPSA) is 19.6 Å². The van der Waals surface area contributed by atoms with Gasteiger partial charge in [-0.2, -0.15) is 0 Å². The van der Waals surface area contributed by atoms with E-state index in [0.717, 1.165) is 68.9 Å². The first-order valence-electron chi connectivity index (χ1n) is 23.1. The minimum absolute atomic E-state index is 0.149. The van der Waals surface area contributed by atoms with Crippen LogP contribution in [-0.4, -0.2) is 0 Å². The van der Waals surface area contributed by atoms with Gasteiger partial charge in [0.05, 0.1) is 11.4 Å². The van der Waals surface area contributed by atoms with E-state index in [0.29, 0.717) is 0 Å². The number of rotatable bonds is 6. The number of benzene rings is 9. The molecule has 3 aliphatic carbocycles. The van der Waals surface area contributed by atoms with Gasteiger partial charge < -0.3 is 14.2 Å². The molecule has 0 bridgehead atoms. The molecule has 0 amide bonds. The predicted molar refractivity (Wildman–Crippen MR) is 273 cm³/mol. The molecule has 0 aliphatic heterocycles. The first kappa shape index (κ1) is 37.9. The number of anilines is 6. The maximum atomic E-state index is 7.69. The molecule has 0 spiro atoms. The van der Waals surface area contributed by atoms with Crippen LogP contribution in [0.25, 0.3) is 61.0 Å². The molecule has 13 rings (SSSR count). The van der Waals surface area contributed by atoms with Gasteiger partial charge in [-0.05, 0) is 140 Å². The maximum Gasteiger partial charge on any atom is 0.160 e. The van der Waals surface area contributed by atoms with Crippen LogP contribution in [0.15, 0.2) is 192 Å². The lowest BCUT2D eigenvalue weighted by atomic mass is 9.82. The molecule has 1 heterocycles. The highest BCUT2D eigenvalue weighted by Crippen LogP contribution is 2.55. The highest BCUT2D eigenvalue weighted by atomic mass is 16.3. The molecule has 312 valence electrons. The summed E-state index contributed by atoms with van der Waals surface area (Å²) in [5.74, 6) is 0. The molecular weight excluding hydrogens is 789 g/mol. The summed E-state index contributed by atoms with van der Waals surface area (Å²) in [5.41, 5.74) is 21.1. The van der Waals surface area contributed by atoms with E-state index in [4.69, 9.17) is 4.42 Å². The third-order valence-corrected chi connectivity index (χ3v) is 14.8. The smallest absolute Gasteiger partial charge is 0.160 e. The molecule has 0 unspecified atom stereocenters. The highest BCUT2D eigenvalue weighted by molar-refractivity contribution is 6.26. The number of furan rings is 1. The van der Waals surface area contributed by atoms with Gasteiger partial charge >= 0.3 is 0 Å². The van der Waals surface area contributed by atoms with Gasteiger partial charge in [0.25, 0.3) is 0 Å². The molecule has 0 fully saturated rings. The SMILES string of the molecule is CC1(C)c2ccccc2-c2ccc(N(c3ccccc3)c3cc4c(c5c3oc3c(N(c6ccccc6)c6ccc7c(c6)C(C)(C)c6ccccc6-7)cc6ccccc6c35)C=CCC4)cc21. The van der Waals surface area contributed by atoms with Crippen molar-refractivity contribution >= 4 is 72.9 Å². The van der Waals surface area contributed by atoms with E-state index in [1.807, 2.05) is 0 Å². The van der Waals surface area contributed by atoms with Crippen molar-refractivity contribution in [2.75, 3.05) is 9.80 Å². The van der Waals surface area contributed by atoms with Crippen LogP contribution in [-0.2, 0) is 17.3 Å². The summed E-state index contributed by atoms with van der Waals surface area (Å²) < 4.78 is 7.69. The normalized spacial score (nSPS) is 14.8. The first-order valence-corrected chi connectivity index (χ1v) is 23.1. The maximum absolute atomic E-state index is 7.69. The third kappa shape index (κ3) is 5.48. The fourth-order valence-corrected chi connectivity index (χ4v) is 11.7. The van der Waals surface area contributed by atoms with Gasteiger partial charge in [0.15, 0.2) is 11.2 Å². The minimum Gasteiger partial charge on any atom is -0.452 e. The molecule has 9 aromatic carbocycles. The number of hydrogen-bond donors (Lipinski definition) is 0. The second-order valence-electron chi connectivity index (χ2n) is 19.2. The van der Waals surface area contributed by atoms with Gasteiger partial charge in [0.1, 0.15) is 0 Å². The monoisotopic (exact) mass is 836 g/mol. The third-order valence-electron chi connectivity index (χ3n) is 14.8. The van der Waals surface area contributed by atoms with Crippen molar-refractivity contribution in [3.05, 3.63) is 221 Å². The van der Waals surface area contributed by atoms with Gasteiger partial charge in [-0.25, -0.2) is 0 Å². The van der Waals surface area contributed by atoms with E-state index >= 15 is 0 Å². The Morgan fingerprint density at radius 2 is 0.923 bits per heavy atom. The van der Waals surface area contributed by atoms with Crippen LogP contribution < -0.4 is 9.80 Å². The number of aryl methyl sites for hydroxylation is 1. The second kappa shape index (κ2) is 13.9. The summed E-state index contributed by atoms with van der Waals surface area (Å²) in [6.07, 6.45) is 6.63. The summed E-state index contributed by atoms with van der Waals surface area (Å²) in [6, 6.07) is 67.2. The van der Waals surface area contributed by atoms with E-state index in [-0.39, 0.29) is 10.8 Å². The first-order chi connectivity index (χ1) is 31.8. The molecular formula is C62H48N2O. The van der Waals surface area contributed by atoms with Crippen molar-refractivity contribution in [1.82, 2.24) is 0 Å². The van der Waals surface area contributed by atoms with Gasteiger partial charge in [-0.3, -0.25) is 0 Å². The molecule has 0 saturated carbocycles. The molecule has 65 heavy (non-hydrogen) atoms. The lowest BCUT2D eigenvalue weighted by molar-refractivity contribution is 0.660. The predicted octanol–water partition coefficient (Wildman–Crippen LogP) is 17.3. The van der Waals surface area contributed by atoms with E-state index < -0.39 is 0 Å². The van der Waals surface area contributed by atoms with Crippen LogP contribution in [0, 0.1) is 0 Å². The van der Waals surface area contributed by atoms with Gasteiger partial charge in [-0.15, -0.1) is 0 Å². The number of allylic oxidation sites excluding steroid dienone is 1. The average Bonchev–Trinajstić information content (AvgIpc) is 3.94.